The molecule has 0 bridgehead atoms. The van der Waals surface area contributed by atoms with Crippen molar-refractivity contribution in [2.24, 2.45) is 0 Å². The number of aryl methyl sites for hydroxylation is 3. The van der Waals surface area contributed by atoms with Gasteiger partial charge in [0.25, 0.3) is 0 Å². The molecule has 3 rings (SSSR count). The van der Waals surface area contributed by atoms with E-state index in [4.69, 9.17) is 14.3 Å². The Bertz CT molecular complexity index is 951. The highest BCUT2D eigenvalue weighted by atomic mass is 31.2. The van der Waals surface area contributed by atoms with Crippen LogP contribution in [0, 0.1) is 0 Å². The third-order valence-corrected chi connectivity index (χ3v) is 6.19. The van der Waals surface area contributed by atoms with E-state index in [1.165, 1.54) is 11.1 Å². The third kappa shape index (κ3) is 8.78. The van der Waals surface area contributed by atoms with Gasteiger partial charge in [-0.2, -0.15) is 4.98 Å². The van der Waals surface area contributed by atoms with Crippen LogP contribution in [-0.4, -0.2) is 26.1 Å². The molecule has 0 radical (unpaired) electrons. The first-order chi connectivity index (χ1) is 15.0. The van der Waals surface area contributed by atoms with Crippen molar-refractivity contribution in [3.05, 3.63) is 71.6 Å². The van der Waals surface area contributed by atoms with Crippen molar-refractivity contribution >= 4 is 7.60 Å². The van der Waals surface area contributed by atoms with Gasteiger partial charge in [0.05, 0.1) is 0 Å². The first kappa shape index (κ1) is 23.4. The molecule has 2 aromatic carbocycles. The van der Waals surface area contributed by atoms with Gasteiger partial charge in [0.2, 0.25) is 11.7 Å². The minimum absolute atomic E-state index is 0.0286. The number of benzene rings is 2. The van der Waals surface area contributed by atoms with Crippen LogP contribution in [0.2, 0.25) is 0 Å². The first-order valence-electron chi connectivity index (χ1n) is 11.0. The summed E-state index contributed by atoms with van der Waals surface area (Å²) in [6.45, 7) is 0. The lowest BCUT2D eigenvalue weighted by molar-refractivity contribution is 0.370. The molecule has 1 heterocycles. The van der Waals surface area contributed by atoms with E-state index in [0.29, 0.717) is 18.1 Å². The van der Waals surface area contributed by atoms with Crippen molar-refractivity contribution in [2.75, 3.05) is 6.16 Å². The van der Waals surface area contributed by atoms with E-state index in [0.717, 1.165) is 56.9 Å². The van der Waals surface area contributed by atoms with Crippen molar-refractivity contribution in [3.63, 3.8) is 0 Å². The topological polar surface area (TPSA) is 96.5 Å². The molecule has 31 heavy (non-hydrogen) atoms. The van der Waals surface area contributed by atoms with Crippen LogP contribution in [0.4, 0.5) is 0 Å². The number of nitrogens with zero attached hydrogens (tertiary/aromatic N) is 2. The zero-order valence-corrected chi connectivity index (χ0v) is 18.7. The lowest BCUT2D eigenvalue weighted by Crippen LogP contribution is -1.91. The van der Waals surface area contributed by atoms with E-state index in [1.54, 1.807) is 0 Å². The molecular formula is C24H31N2O4P. The molecule has 0 atom stereocenters. The van der Waals surface area contributed by atoms with Gasteiger partial charge in [-0.25, -0.2) is 0 Å². The summed E-state index contributed by atoms with van der Waals surface area (Å²) in [6, 6.07) is 18.7. The van der Waals surface area contributed by atoms with Crippen molar-refractivity contribution < 1.29 is 18.9 Å². The highest BCUT2D eigenvalue weighted by Gasteiger charge is 2.11. The summed E-state index contributed by atoms with van der Waals surface area (Å²) in [4.78, 5) is 22.3. The fraction of sp³-hybridized carbons (Fsp3) is 0.417. The van der Waals surface area contributed by atoms with Crippen LogP contribution in [0.3, 0.4) is 0 Å². The molecule has 7 heteroatoms. The van der Waals surface area contributed by atoms with E-state index >= 15 is 0 Å². The summed E-state index contributed by atoms with van der Waals surface area (Å²) in [7, 11) is -3.86. The fourth-order valence-electron chi connectivity index (χ4n) is 3.54. The minimum atomic E-state index is -3.86. The molecule has 0 unspecified atom stereocenters. The highest BCUT2D eigenvalue weighted by molar-refractivity contribution is 7.51. The van der Waals surface area contributed by atoms with Crippen molar-refractivity contribution in [3.8, 4) is 11.4 Å². The van der Waals surface area contributed by atoms with Gasteiger partial charge in [0.1, 0.15) is 0 Å². The molecule has 0 saturated carbocycles. The Hall–Kier alpha value is -2.27. The quantitative estimate of drug-likeness (QED) is 0.265. The molecule has 0 aliphatic heterocycles. The molecular weight excluding hydrogens is 411 g/mol. The van der Waals surface area contributed by atoms with Gasteiger partial charge in [-0.15, -0.1) is 0 Å². The largest absolute Gasteiger partial charge is 0.339 e. The monoisotopic (exact) mass is 442 g/mol. The van der Waals surface area contributed by atoms with Gasteiger partial charge in [0.15, 0.2) is 0 Å². The molecule has 0 aliphatic rings. The van der Waals surface area contributed by atoms with Gasteiger partial charge in [-0.1, -0.05) is 72.6 Å². The molecule has 0 amide bonds. The second-order valence-corrected chi connectivity index (χ2v) is 9.73. The molecule has 2 N–H and O–H groups in total. The van der Waals surface area contributed by atoms with E-state index in [-0.39, 0.29) is 6.16 Å². The summed E-state index contributed by atoms with van der Waals surface area (Å²) in [6.07, 6.45) is 8.38. The first-order valence-corrected chi connectivity index (χ1v) is 12.8. The average Bonchev–Trinajstić information content (AvgIpc) is 3.23. The Morgan fingerprint density at radius 1 is 0.742 bits per heavy atom. The summed E-state index contributed by atoms with van der Waals surface area (Å²) in [5.41, 5.74) is 3.51. The van der Waals surface area contributed by atoms with Gasteiger partial charge >= 0.3 is 7.60 Å². The lowest BCUT2D eigenvalue weighted by Gasteiger charge is -2.04. The SMILES string of the molecule is O=P(O)(O)CCCCCc1ccc(-c2noc(CCCCCc3ccccc3)n2)cc1. The zero-order chi connectivity index (χ0) is 21.9. The van der Waals surface area contributed by atoms with Gasteiger partial charge < -0.3 is 14.3 Å². The van der Waals surface area contributed by atoms with Gasteiger partial charge in [-0.05, 0) is 49.7 Å². The van der Waals surface area contributed by atoms with E-state index in [2.05, 4.69) is 46.5 Å². The van der Waals surface area contributed by atoms with E-state index in [1.807, 2.05) is 18.2 Å². The van der Waals surface area contributed by atoms with E-state index in [9.17, 15) is 4.57 Å². The maximum Gasteiger partial charge on any atom is 0.325 e. The average molecular weight is 442 g/mol. The molecule has 0 spiro atoms. The Morgan fingerprint density at radius 3 is 2.03 bits per heavy atom. The summed E-state index contributed by atoms with van der Waals surface area (Å²) >= 11 is 0. The van der Waals surface area contributed by atoms with Crippen molar-refractivity contribution in [1.29, 1.82) is 0 Å². The van der Waals surface area contributed by atoms with Crippen LogP contribution in [-0.2, 0) is 23.8 Å². The second-order valence-electron chi connectivity index (χ2n) is 7.95. The zero-order valence-electron chi connectivity index (χ0n) is 17.8. The molecule has 0 saturated heterocycles. The van der Waals surface area contributed by atoms with Crippen LogP contribution < -0.4 is 0 Å². The van der Waals surface area contributed by atoms with Crippen LogP contribution in [0.1, 0.15) is 55.5 Å². The summed E-state index contributed by atoms with van der Waals surface area (Å²) in [5, 5.41) is 4.11. The smallest absolute Gasteiger partial charge is 0.325 e. The van der Waals surface area contributed by atoms with Crippen LogP contribution in [0.5, 0.6) is 0 Å². The number of hydrogen-bond donors (Lipinski definition) is 2. The molecule has 0 fully saturated rings. The molecule has 0 aliphatic carbocycles. The van der Waals surface area contributed by atoms with Crippen LogP contribution in [0.15, 0.2) is 59.1 Å². The number of unbranched alkanes of at least 4 members (excludes halogenated alkanes) is 4. The predicted octanol–water partition coefficient (Wildman–Crippen LogP) is 5.58. The van der Waals surface area contributed by atoms with E-state index < -0.39 is 7.60 Å². The number of aromatic nitrogens is 2. The maximum atomic E-state index is 10.9. The Kier molecular flexibility index (Phi) is 9.01. The molecule has 1 aromatic heterocycles. The third-order valence-electron chi connectivity index (χ3n) is 5.29. The van der Waals surface area contributed by atoms with Gasteiger partial charge in [-0.3, -0.25) is 4.57 Å². The fourth-order valence-corrected chi connectivity index (χ4v) is 4.18. The normalized spacial score (nSPS) is 11.7. The summed E-state index contributed by atoms with van der Waals surface area (Å²) < 4.78 is 16.3. The molecule has 6 nitrogen and oxygen atoms in total. The summed E-state index contributed by atoms with van der Waals surface area (Å²) in [5.74, 6) is 1.30. The highest BCUT2D eigenvalue weighted by Crippen LogP contribution is 2.35. The van der Waals surface area contributed by atoms with Gasteiger partial charge in [0, 0.05) is 18.1 Å². The Labute approximate surface area is 183 Å². The van der Waals surface area contributed by atoms with Crippen molar-refractivity contribution in [1.82, 2.24) is 10.1 Å². The second kappa shape index (κ2) is 11.9. The van der Waals surface area contributed by atoms with Crippen LogP contribution >= 0.6 is 7.60 Å². The van der Waals surface area contributed by atoms with Crippen LogP contribution in [0.25, 0.3) is 11.4 Å². The number of rotatable bonds is 13. The van der Waals surface area contributed by atoms with Crippen molar-refractivity contribution in [2.45, 2.75) is 57.8 Å². The predicted molar refractivity (Wildman–Crippen MR) is 122 cm³/mol. The maximum absolute atomic E-state index is 10.9. The number of hydrogen-bond acceptors (Lipinski definition) is 4. The minimum Gasteiger partial charge on any atom is -0.339 e. The lowest BCUT2D eigenvalue weighted by atomic mass is 10.1. The molecule has 166 valence electrons. The molecule has 3 aromatic rings. The Morgan fingerprint density at radius 2 is 1.35 bits per heavy atom. The Balaban J connectivity index is 1.36. The standard InChI is InChI=1S/C24H31N2O4P/c27-31(28,29)19-9-3-7-13-21-15-17-22(18-16-21)24-25-23(30-26-24)14-8-2-6-12-20-10-4-1-5-11-20/h1,4-5,10-11,15-18H,2-3,6-9,12-14,19H2,(H2,27,28,29).